The van der Waals surface area contributed by atoms with E-state index in [1.165, 1.54) is 77.0 Å². The van der Waals surface area contributed by atoms with Gasteiger partial charge in [0.05, 0.1) is 0 Å². The summed E-state index contributed by atoms with van der Waals surface area (Å²) in [4.78, 5) is 8.56. The molecule has 11 nitrogen and oxygen atoms in total. The second-order valence-corrected chi connectivity index (χ2v) is 18.1. The van der Waals surface area contributed by atoms with E-state index >= 15 is 0 Å². The van der Waals surface area contributed by atoms with Crippen LogP contribution in [-0.2, 0) is 26.6 Å². The molecule has 0 radical (unpaired) electrons. The summed E-state index contributed by atoms with van der Waals surface area (Å²) < 4.78 is 37.1. The number of hydrogen-bond donors (Lipinski definition) is 4. The minimum Gasteiger partial charge on any atom is -0.450 e. The number of aliphatic hydroxyl groups is 2. The van der Waals surface area contributed by atoms with Crippen molar-refractivity contribution in [3.05, 3.63) is 0 Å². The molecule has 0 aliphatic heterocycles. The van der Waals surface area contributed by atoms with Gasteiger partial charge >= 0.3 is 23.8 Å². The van der Waals surface area contributed by atoms with Crippen LogP contribution in [0.1, 0.15) is 170 Å². The Kier molecular flexibility index (Phi) is 46.0. The molecule has 0 spiro atoms. The number of hydrogen-bond acceptors (Lipinski definition) is 9. The Bertz CT molecular complexity index is 548. The van der Waals surface area contributed by atoms with Gasteiger partial charge in [-0.25, -0.2) is 4.79 Å². The fourth-order valence-corrected chi connectivity index (χ4v) is 10.0. The molecule has 0 unspecified atom stereocenters. The summed E-state index contributed by atoms with van der Waals surface area (Å²) in [6, 6.07) is 1.46. The molecule has 0 aliphatic rings. The molecule has 0 saturated heterocycles. The average molecular weight is 759 g/mol. The number of unbranched alkanes of at least 4 members (excludes halogenated alkanes) is 12. The number of rotatable bonds is 36. The lowest BCUT2D eigenvalue weighted by Gasteiger charge is -2.30. The Labute approximate surface area is 309 Å². The fourth-order valence-electron chi connectivity index (χ4n) is 4.75. The molecule has 0 aromatic heterocycles. The van der Waals surface area contributed by atoms with Crippen LogP contribution in [0.3, 0.4) is 0 Å². The van der Waals surface area contributed by atoms with E-state index in [0.717, 1.165) is 50.6 Å². The summed E-state index contributed by atoms with van der Waals surface area (Å²) in [5, 5.41) is 32.4. The third-order valence-electron chi connectivity index (χ3n) is 7.70. The normalized spacial score (nSPS) is 11.5. The van der Waals surface area contributed by atoms with Gasteiger partial charge in [0.25, 0.3) is 0 Å². The van der Waals surface area contributed by atoms with Gasteiger partial charge in [-0.05, 0) is 51.4 Å². The summed E-state index contributed by atoms with van der Waals surface area (Å²) in [7, 11) is -5.25. The van der Waals surface area contributed by atoms with Crippen molar-refractivity contribution in [3.63, 3.8) is 0 Å². The molecule has 0 atom stereocenters. The van der Waals surface area contributed by atoms with Gasteiger partial charge in [0, 0.05) is 64.9 Å². The largest absolute Gasteiger partial charge is 0.503 e. The van der Waals surface area contributed by atoms with Crippen molar-refractivity contribution < 1.29 is 51.8 Å². The molecule has 50 heavy (non-hydrogen) atoms. The van der Waals surface area contributed by atoms with Crippen molar-refractivity contribution >= 4 is 23.8 Å². The second-order valence-electron chi connectivity index (χ2n) is 12.6. The number of carbonyl (C=O) groups is 1. The highest BCUT2D eigenvalue weighted by Crippen LogP contribution is 2.22. The molecule has 0 aromatic rings. The summed E-state index contributed by atoms with van der Waals surface area (Å²) in [5.41, 5.74) is 0. The minimum atomic E-state index is -2.63. The van der Waals surface area contributed by atoms with Crippen molar-refractivity contribution in [1.29, 1.82) is 0 Å². The van der Waals surface area contributed by atoms with E-state index in [1.54, 1.807) is 0 Å². The highest BCUT2D eigenvalue weighted by Gasteiger charge is 2.41. The highest BCUT2D eigenvalue weighted by atomic mass is 28.4. The molecular weight excluding hydrogens is 677 g/mol. The van der Waals surface area contributed by atoms with Gasteiger partial charge in [0.15, 0.2) is 0 Å². The van der Waals surface area contributed by atoms with E-state index in [0.29, 0.717) is 52.5 Å². The maximum atomic E-state index is 9.21. The minimum absolute atomic E-state index is 0.170. The highest BCUT2D eigenvalue weighted by molar-refractivity contribution is 6.61. The van der Waals surface area contributed by atoms with E-state index in [2.05, 4.69) is 41.5 Å². The number of carboxylic acid groups (broad SMARTS) is 2. The predicted molar refractivity (Wildman–Crippen MR) is 208 cm³/mol. The lowest BCUT2D eigenvalue weighted by molar-refractivity contribution is 0.0531. The van der Waals surface area contributed by atoms with E-state index in [9.17, 15) is 10.2 Å². The van der Waals surface area contributed by atoms with Gasteiger partial charge in [0.1, 0.15) is 0 Å². The van der Waals surface area contributed by atoms with Gasteiger partial charge in [-0.2, -0.15) is 0 Å². The zero-order chi connectivity index (χ0) is 38.0. The summed E-state index contributed by atoms with van der Waals surface area (Å²) in [5.74, 6) is 0. The zero-order valence-corrected chi connectivity index (χ0v) is 35.4. The van der Waals surface area contributed by atoms with Gasteiger partial charge in [-0.3, -0.25) is 0 Å². The Morgan fingerprint density at radius 1 is 0.380 bits per heavy atom. The zero-order valence-electron chi connectivity index (χ0n) is 33.4. The van der Waals surface area contributed by atoms with Crippen LogP contribution in [0.2, 0.25) is 12.1 Å². The SMILES string of the molecule is CCCCCO[Si](CCCO)(OCCCCC)OCCCCC.CCCCCO[Si](CCCO)(OCCCCC)OCCCCC.O=C(O)O. The Balaban J connectivity index is -0.000000797. The van der Waals surface area contributed by atoms with Gasteiger partial charge in [-0.15, -0.1) is 0 Å². The van der Waals surface area contributed by atoms with Crippen LogP contribution >= 0.6 is 0 Å². The van der Waals surface area contributed by atoms with Crippen LogP contribution in [-0.4, -0.2) is 97.0 Å². The molecular formula is C37H82O11Si2. The first-order chi connectivity index (χ1) is 24.2. The van der Waals surface area contributed by atoms with E-state index in [4.69, 9.17) is 41.6 Å². The maximum Gasteiger partial charge on any atom is 0.503 e. The average Bonchev–Trinajstić information content (AvgIpc) is 3.10. The lowest BCUT2D eigenvalue weighted by Crippen LogP contribution is -2.46. The van der Waals surface area contributed by atoms with Crippen LogP contribution in [0.25, 0.3) is 0 Å². The van der Waals surface area contributed by atoms with Crippen LogP contribution < -0.4 is 0 Å². The third kappa shape index (κ3) is 38.6. The summed E-state index contributed by atoms with van der Waals surface area (Å²) in [6.07, 6.45) is 20.1. The molecule has 0 rings (SSSR count). The van der Waals surface area contributed by atoms with Gasteiger partial charge in [0.2, 0.25) is 0 Å². The van der Waals surface area contributed by atoms with Gasteiger partial charge < -0.3 is 47.0 Å². The molecule has 0 saturated carbocycles. The van der Waals surface area contributed by atoms with Crippen molar-refractivity contribution in [2.24, 2.45) is 0 Å². The van der Waals surface area contributed by atoms with Crippen LogP contribution in [0.4, 0.5) is 4.79 Å². The molecule has 4 N–H and O–H groups in total. The Morgan fingerprint density at radius 2 is 0.560 bits per heavy atom. The molecule has 0 heterocycles. The van der Waals surface area contributed by atoms with Crippen molar-refractivity contribution in [2.75, 3.05) is 52.9 Å². The van der Waals surface area contributed by atoms with Crippen LogP contribution in [0, 0.1) is 0 Å². The van der Waals surface area contributed by atoms with Crippen molar-refractivity contribution in [3.8, 4) is 0 Å². The van der Waals surface area contributed by atoms with Crippen molar-refractivity contribution in [2.45, 2.75) is 182 Å². The number of aliphatic hydroxyl groups excluding tert-OH is 2. The van der Waals surface area contributed by atoms with E-state index in [1.807, 2.05) is 0 Å². The van der Waals surface area contributed by atoms with Crippen LogP contribution in [0.5, 0.6) is 0 Å². The van der Waals surface area contributed by atoms with Crippen molar-refractivity contribution in [1.82, 2.24) is 0 Å². The smallest absolute Gasteiger partial charge is 0.450 e. The fraction of sp³-hybridized carbons (Fsp3) is 0.973. The Hall–Kier alpha value is -0.616. The molecule has 0 bridgehead atoms. The molecule has 0 amide bonds. The molecule has 13 heteroatoms. The first kappa shape index (κ1) is 53.7. The molecule has 0 aromatic carbocycles. The summed E-state index contributed by atoms with van der Waals surface area (Å²) >= 11 is 0. The van der Waals surface area contributed by atoms with E-state index < -0.39 is 23.8 Å². The first-order valence-electron chi connectivity index (χ1n) is 20.2. The summed E-state index contributed by atoms with van der Waals surface area (Å²) in [6.45, 7) is 17.8. The molecule has 0 fully saturated rings. The third-order valence-corrected chi connectivity index (χ3v) is 13.5. The topological polar surface area (TPSA) is 153 Å². The van der Waals surface area contributed by atoms with E-state index in [-0.39, 0.29) is 13.2 Å². The predicted octanol–water partition coefficient (Wildman–Crippen LogP) is 10.1. The first-order valence-corrected chi connectivity index (χ1v) is 24.1. The lowest BCUT2D eigenvalue weighted by atomic mass is 10.3. The Morgan fingerprint density at radius 3 is 0.700 bits per heavy atom. The molecule has 304 valence electrons. The standard InChI is InChI=1S/2C18H40O4Si.CH2O3/c2*1-4-7-10-15-20-23(18-13-14-19,21-16-11-8-5-2)22-17-12-9-6-3;2-1(3)4/h2*19H,4-18H2,1-3H3;(H2,2,3,4). The quantitative estimate of drug-likeness (QED) is 0.0357. The monoisotopic (exact) mass is 759 g/mol. The second kappa shape index (κ2) is 42.8. The van der Waals surface area contributed by atoms with Gasteiger partial charge in [-0.1, -0.05) is 119 Å². The molecule has 0 aliphatic carbocycles. The maximum absolute atomic E-state index is 9.21. The van der Waals surface area contributed by atoms with Crippen LogP contribution in [0.15, 0.2) is 0 Å².